The maximum Gasteiger partial charge on any atom is 0.177 e. The lowest BCUT2D eigenvalue weighted by Gasteiger charge is -2.28. The van der Waals surface area contributed by atoms with E-state index in [2.05, 4.69) is 101 Å². The molecule has 24 heteroatoms. The standard InChI is InChI=1S/C52H76N4O8S12/c1-53(2)25-21-29-41(65-17)33(57-9)37(61-13)49-45(29)69-70-46-30(22-26-54(3)4)42(66-18)34(58-10)38(62-14)50(46)74-72-48-32(24-28-56(7)8)44(68-20)36(60-12)40(64-16)52(48)76-75-51-39(63-15)35(59-11)43(67-19)31(23-27-55(5)6)47(51)71-73-49/h21-28H2,1-20H3. The average Bonchev–Trinajstić information content (AvgIpc) is 3.44. The molecule has 0 aromatic heterocycles. The second-order valence-electron chi connectivity index (χ2n) is 17.8. The molecular formula is C52H76N4O8S12. The molecule has 424 valence electrons. The Labute approximate surface area is 503 Å². The van der Waals surface area contributed by atoms with Gasteiger partial charge in [-0.25, -0.2) is 0 Å². The molecule has 0 atom stereocenters. The van der Waals surface area contributed by atoms with E-state index in [1.165, 1.54) is 22.3 Å². The molecular weight excluding hydrogens is 1190 g/mol. The number of likely N-dealkylation sites (N-methyl/N-ethyl adjacent to an activating group) is 4. The number of hydrogen-bond donors (Lipinski definition) is 0. The van der Waals surface area contributed by atoms with Crippen LogP contribution in [-0.4, -0.2) is 184 Å². The van der Waals surface area contributed by atoms with Gasteiger partial charge < -0.3 is 57.5 Å². The number of fused-ring (bicyclic) bond motifs is 4. The van der Waals surface area contributed by atoms with E-state index < -0.39 is 0 Å². The smallest absolute Gasteiger partial charge is 0.177 e. The number of hydrogen-bond acceptors (Lipinski definition) is 24. The molecule has 1 aliphatic heterocycles. The van der Waals surface area contributed by atoms with Gasteiger partial charge in [-0.15, -0.1) is 47.0 Å². The second-order valence-corrected chi connectivity index (χ2v) is 29.7. The lowest BCUT2D eigenvalue weighted by atomic mass is 10.1. The maximum absolute atomic E-state index is 6.55. The number of thioether (sulfide) groups is 4. The zero-order valence-electron chi connectivity index (χ0n) is 47.6. The normalized spacial score (nSPS) is 13.2. The van der Waals surface area contributed by atoms with E-state index >= 15 is 0 Å². The lowest BCUT2D eigenvalue weighted by Crippen LogP contribution is -2.17. The zero-order chi connectivity index (χ0) is 56.0. The van der Waals surface area contributed by atoms with Crippen LogP contribution in [0.4, 0.5) is 0 Å². The van der Waals surface area contributed by atoms with E-state index in [1.54, 1.807) is 190 Å². The van der Waals surface area contributed by atoms with Crippen LogP contribution < -0.4 is 37.9 Å². The highest BCUT2D eigenvalue weighted by molar-refractivity contribution is 8.79. The van der Waals surface area contributed by atoms with Crippen molar-refractivity contribution in [2.75, 3.05) is 164 Å². The fourth-order valence-corrected chi connectivity index (χ4v) is 24.6. The van der Waals surface area contributed by atoms with Gasteiger partial charge in [0.1, 0.15) is 0 Å². The Kier molecular flexibility index (Phi) is 28.1. The Bertz CT molecular complexity index is 2440. The van der Waals surface area contributed by atoms with Crippen LogP contribution in [0.2, 0.25) is 0 Å². The third-order valence-corrected chi connectivity index (χ3v) is 25.9. The molecule has 0 fully saturated rings. The van der Waals surface area contributed by atoms with Gasteiger partial charge in [-0.1, -0.05) is 43.2 Å². The van der Waals surface area contributed by atoms with Crippen molar-refractivity contribution in [2.45, 2.75) is 84.4 Å². The molecule has 0 spiro atoms. The maximum atomic E-state index is 6.55. The van der Waals surface area contributed by atoms with Gasteiger partial charge in [0.15, 0.2) is 46.0 Å². The van der Waals surface area contributed by atoms with Gasteiger partial charge in [0, 0.05) is 45.8 Å². The molecule has 5 rings (SSSR count). The van der Waals surface area contributed by atoms with Gasteiger partial charge in [-0.3, -0.25) is 0 Å². The van der Waals surface area contributed by atoms with Gasteiger partial charge in [-0.05, 0) is 173 Å². The number of benzene rings is 4. The zero-order valence-corrected chi connectivity index (χ0v) is 57.4. The largest absolute Gasteiger partial charge is 0.492 e. The van der Waals surface area contributed by atoms with E-state index in [9.17, 15) is 0 Å². The topological polar surface area (TPSA) is 86.8 Å². The van der Waals surface area contributed by atoms with Crippen LogP contribution in [-0.2, 0) is 25.7 Å². The van der Waals surface area contributed by atoms with E-state index in [0.717, 1.165) is 122 Å². The molecule has 0 amide bonds. The number of nitrogens with zero attached hydrogens (tertiary/aromatic N) is 4. The fraction of sp³-hybridized carbons (Fsp3) is 0.538. The van der Waals surface area contributed by atoms with Crippen molar-refractivity contribution in [1.82, 2.24) is 19.6 Å². The molecule has 0 bridgehead atoms. The van der Waals surface area contributed by atoms with Gasteiger partial charge in [0.05, 0.1) is 96.0 Å². The Morgan fingerprint density at radius 3 is 0.553 bits per heavy atom. The summed E-state index contributed by atoms with van der Waals surface area (Å²) >= 11 is 6.76. The summed E-state index contributed by atoms with van der Waals surface area (Å²) in [6.45, 7) is 3.30. The molecule has 12 nitrogen and oxygen atoms in total. The van der Waals surface area contributed by atoms with E-state index in [0.29, 0.717) is 34.5 Å². The number of rotatable bonds is 24. The van der Waals surface area contributed by atoms with E-state index in [1.807, 2.05) is 0 Å². The highest BCUT2D eigenvalue weighted by Crippen LogP contribution is 2.66. The van der Waals surface area contributed by atoms with Crippen LogP contribution in [0, 0.1) is 0 Å². The number of methoxy groups -OCH3 is 8. The van der Waals surface area contributed by atoms with Gasteiger partial charge in [-0.2, -0.15) is 0 Å². The minimum Gasteiger partial charge on any atom is -0.492 e. The molecule has 4 aromatic carbocycles. The van der Waals surface area contributed by atoms with Crippen molar-refractivity contribution in [2.24, 2.45) is 0 Å². The fourth-order valence-electron chi connectivity index (χ4n) is 8.33. The van der Waals surface area contributed by atoms with Crippen molar-refractivity contribution < 1.29 is 37.9 Å². The van der Waals surface area contributed by atoms with Crippen molar-refractivity contribution >= 4 is 133 Å². The Balaban J connectivity index is 2.08. The SMILES string of the molecule is COc1c(OC)c2c(c(CCN(C)C)c1SC)SSc1c(CCN(C)C)c(SC)c(OC)c(OC)c1SSc1c(CCN(C)C)c(SC)c(OC)c(OC)c1SSc1c(OC)c(OC)c(SC)c(CCN(C)C)c1SS2. The first-order valence-electron chi connectivity index (χ1n) is 23.9. The summed E-state index contributed by atoms with van der Waals surface area (Å²) in [5, 5.41) is 0. The highest BCUT2D eigenvalue weighted by Gasteiger charge is 2.35. The molecule has 1 aliphatic rings. The summed E-state index contributed by atoms with van der Waals surface area (Å²) in [6.07, 6.45) is 11.6. The summed E-state index contributed by atoms with van der Waals surface area (Å²) in [4.78, 5) is 21.5. The first-order valence-corrected chi connectivity index (χ1v) is 37.4. The lowest BCUT2D eigenvalue weighted by molar-refractivity contribution is 0.336. The predicted octanol–water partition coefficient (Wildman–Crippen LogP) is 14.6. The van der Waals surface area contributed by atoms with Gasteiger partial charge >= 0.3 is 0 Å². The highest BCUT2D eigenvalue weighted by atomic mass is 33.1. The van der Waals surface area contributed by atoms with Gasteiger partial charge in [0.25, 0.3) is 0 Å². The van der Waals surface area contributed by atoms with Crippen LogP contribution in [0.25, 0.3) is 0 Å². The van der Waals surface area contributed by atoms with Crippen LogP contribution >= 0.6 is 133 Å². The molecule has 0 radical (unpaired) electrons. The van der Waals surface area contributed by atoms with Crippen LogP contribution in [0.1, 0.15) is 22.3 Å². The first-order chi connectivity index (χ1) is 36.5. The van der Waals surface area contributed by atoms with Crippen LogP contribution in [0.5, 0.6) is 46.0 Å². The molecule has 0 aliphatic carbocycles. The first kappa shape index (κ1) is 66.1. The molecule has 0 N–H and O–H groups in total. The van der Waals surface area contributed by atoms with Gasteiger partial charge in [0.2, 0.25) is 0 Å². The quantitative estimate of drug-likeness (QED) is 0.0492. The van der Waals surface area contributed by atoms with Crippen LogP contribution in [0.15, 0.2) is 58.7 Å². The minimum absolute atomic E-state index is 0.671. The predicted molar refractivity (Wildman–Crippen MR) is 341 cm³/mol. The summed E-state index contributed by atoms with van der Waals surface area (Å²) in [5.41, 5.74) is 4.80. The minimum atomic E-state index is 0.671. The molecule has 1 heterocycles. The van der Waals surface area contributed by atoms with Crippen molar-refractivity contribution in [3.63, 3.8) is 0 Å². The summed E-state index contributed by atoms with van der Waals surface area (Å²) < 4.78 is 51.7. The number of ether oxygens (including phenoxy) is 8. The summed E-state index contributed by atoms with van der Waals surface area (Å²) in [7, 11) is 44.8. The molecule has 0 saturated carbocycles. The summed E-state index contributed by atoms with van der Waals surface area (Å²) in [5.74, 6) is 5.62. The second kappa shape index (κ2) is 32.2. The third kappa shape index (κ3) is 15.1. The average molecular weight is 1270 g/mol. The molecule has 0 saturated heterocycles. The summed E-state index contributed by atoms with van der Waals surface area (Å²) in [6, 6.07) is 0. The Morgan fingerprint density at radius 2 is 0.421 bits per heavy atom. The van der Waals surface area contributed by atoms with Crippen molar-refractivity contribution in [3.8, 4) is 46.0 Å². The Hall–Kier alpha value is -0.680. The van der Waals surface area contributed by atoms with E-state index in [-0.39, 0.29) is 0 Å². The van der Waals surface area contributed by atoms with Crippen LogP contribution in [0.3, 0.4) is 0 Å². The third-order valence-electron chi connectivity index (χ3n) is 12.0. The van der Waals surface area contributed by atoms with Crippen molar-refractivity contribution in [3.05, 3.63) is 22.3 Å². The van der Waals surface area contributed by atoms with Crippen molar-refractivity contribution in [1.29, 1.82) is 0 Å². The Morgan fingerprint density at radius 1 is 0.263 bits per heavy atom. The molecule has 76 heavy (non-hydrogen) atoms. The monoisotopic (exact) mass is 1270 g/mol. The van der Waals surface area contributed by atoms with E-state index in [4.69, 9.17) is 37.9 Å². The molecule has 0 unspecified atom stereocenters. The molecule has 4 aromatic rings.